The maximum atomic E-state index is 13.4. The van der Waals surface area contributed by atoms with Gasteiger partial charge in [-0.25, -0.2) is 4.79 Å². The van der Waals surface area contributed by atoms with Crippen LogP contribution in [0.25, 0.3) is 0 Å². The second-order valence-electron chi connectivity index (χ2n) is 11.8. The van der Waals surface area contributed by atoms with Gasteiger partial charge in [0.1, 0.15) is 0 Å². The SMILES string of the molecule is CC(=O)NCCCS(=O)(=O)OCC(C)(C)[C@@H](OCc1ccccc1)C(=O)OC(C)OC(=O)C(C)(C)COCc1ccccc1. The van der Waals surface area contributed by atoms with Gasteiger partial charge >= 0.3 is 11.9 Å². The van der Waals surface area contributed by atoms with Crippen molar-refractivity contribution in [3.63, 3.8) is 0 Å². The molecule has 1 N–H and O–H groups in total. The molecule has 0 fully saturated rings. The van der Waals surface area contributed by atoms with Gasteiger partial charge in [0.15, 0.2) is 6.10 Å². The van der Waals surface area contributed by atoms with E-state index in [-0.39, 0.29) is 44.4 Å². The topological polar surface area (TPSA) is 144 Å². The Morgan fingerprint density at radius 3 is 1.98 bits per heavy atom. The summed E-state index contributed by atoms with van der Waals surface area (Å²) in [5.74, 6) is -2.06. The van der Waals surface area contributed by atoms with Crippen molar-refractivity contribution in [3.05, 3.63) is 71.8 Å². The Balaban J connectivity index is 2.02. The van der Waals surface area contributed by atoms with Crippen molar-refractivity contribution in [1.82, 2.24) is 5.32 Å². The number of hydrogen-bond donors (Lipinski definition) is 1. The first kappa shape index (κ1) is 36.9. The highest BCUT2D eigenvalue weighted by Crippen LogP contribution is 2.28. The minimum absolute atomic E-state index is 0.0352. The second kappa shape index (κ2) is 17.2. The molecule has 11 nitrogen and oxygen atoms in total. The van der Waals surface area contributed by atoms with E-state index in [4.69, 9.17) is 23.1 Å². The largest absolute Gasteiger partial charge is 0.425 e. The van der Waals surface area contributed by atoms with Gasteiger partial charge in [-0.15, -0.1) is 0 Å². The van der Waals surface area contributed by atoms with Crippen LogP contribution >= 0.6 is 0 Å². The number of carbonyl (C=O) groups excluding carboxylic acids is 3. The fourth-order valence-electron chi connectivity index (χ4n) is 3.87. The molecule has 0 saturated carbocycles. The lowest BCUT2D eigenvalue weighted by Crippen LogP contribution is -2.45. The van der Waals surface area contributed by atoms with Crippen LogP contribution in [0.1, 0.15) is 59.1 Å². The van der Waals surface area contributed by atoms with Gasteiger partial charge in [0.2, 0.25) is 12.2 Å². The molecule has 2 rings (SSSR count). The first-order valence-corrected chi connectivity index (χ1v) is 16.0. The Morgan fingerprint density at radius 2 is 1.41 bits per heavy atom. The van der Waals surface area contributed by atoms with E-state index in [9.17, 15) is 22.8 Å². The Bertz CT molecular complexity index is 1300. The number of ether oxygens (including phenoxy) is 4. The molecule has 2 aromatic carbocycles. The molecule has 1 unspecified atom stereocenters. The molecule has 0 bridgehead atoms. The van der Waals surface area contributed by atoms with Crippen LogP contribution in [0.3, 0.4) is 0 Å². The third-order valence-corrected chi connectivity index (χ3v) is 7.69. The number of esters is 2. The summed E-state index contributed by atoms with van der Waals surface area (Å²) in [4.78, 5) is 37.3. The standard InChI is InChI=1S/C32H45NO10S/c1-24(34)33-18-13-19-44(37,38)41-23-31(3,4)28(40-21-27-16-11-8-12-17-27)29(35)42-25(2)43-30(36)32(5,6)22-39-20-26-14-9-7-10-15-26/h7-12,14-17,25,28H,13,18-23H2,1-6H3,(H,33,34)/t25?,28-/m0/s1. The molecule has 0 aliphatic carbocycles. The highest BCUT2D eigenvalue weighted by molar-refractivity contribution is 7.86. The summed E-state index contributed by atoms with van der Waals surface area (Å²) in [6.07, 6.45) is -2.38. The molecule has 2 atom stereocenters. The average Bonchev–Trinajstić information content (AvgIpc) is 2.95. The van der Waals surface area contributed by atoms with Crippen LogP contribution in [0.15, 0.2) is 60.7 Å². The number of carbonyl (C=O) groups is 3. The molecule has 0 saturated heterocycles. The molecule has 1 amide bonds. The van der Waals surface area contributed by atoms with Gasteiger partial charge in [0.05, 0.1) is 37.6 Å². The van der Waals surface area contributed by atoms with Gasteiger partial charge < -0.3 is 24.3 Å². The molecule has 0 radical (unpaired) electrons. The fourth-order valence-corrected chi connectivity index (χ4v) is 4.97. The lowest BCUT2D eigenvalue weighted by Gasteiger charge is -2.33. The molecule has 2 aromatic rings. The van der Waals surface area contributed by atoms with Gasteiger partial charge in [-0.2, -0.15) is 8.42 Å². The van der Waals surface area contributed by atoms with Crippen LogP contribution in [-0.2, 0) is 60.8 Å². The van der Waals surface area contributed by atoms with E-state index in [2.05, 4.69) is 5.32 Å². The molecule has 44 heavy (non-hydrogen) atoms. The van der Waals surface area contributed by atoms with Gasteiger partial charge in [0.25, 0.3) is 10.1 Å². The Hall–Kier alpha value is -3.32. The van der Waals surface area contributed by atoms with Gasteiger partial charge in [0, 0.05) is 25.8 Å². The van der Waals surface area contributed by atoms with Crippen LogP contribution in [-0.4, -0.2) is 64.2 Å². The quantitative estimate of drug-likeness (QED) is 0.104. The summed E-state index contributed by atoms with van der Waals surface area (Å²) in [5.41, 5.74) is -0.459. The van der Waals surface area contributed by atoms with Gasteiger partial charge in [-0.3, -0.25) is 13.8 Å². The second-order valence-corrected chi connectivity index (χ2v) is 13.6. The first-order chi connectivity index (χ1) is 20.6. The van der Waals surface area contributed by atoms with Crippen molar-refractivity contribution in [2.24, 2.45) is 10.8 Å². The average molecular weight is 636 g/mol. The zero-order chi connectivity index (χ0) is 32.8. The summed E-state index contributed by atoms with van der Waals surface area (Å²) in [6, 6.07) is 18.6. The minimum Gasteiger partial charge on any atom is -0.425 e. The number of benzene rings is 2. The number of amides is 1. The molecule has 0 aliphatic heterocycles. The highest BCUT2D eigenvalue weighted by Gasteiger charge is 2.41. The molecule has 12 heteroatoms. The molecular formula is C32H45NO10S. The van der Waals surface area contributed by atoms with E-state index in [1.54, 1.807) is 27.7 Å². The Kier molecular flexibility index (Phi) is 14.4. The molecule has 0 aliphatic rings. The van der Waals surface area contributed by atoms with Crippen molar-refractivity contribution in [3.8, 4) is 0 Å². The van der Waals surface area contributed by atoms with Crippen molar-refractivity contribution in [2.75, 3.05) is 25.5 Å². The van der Waals surface area contributed by atoms with Crippen molar-refractivity contribution in [1.29, 1.82) is 0 Å². The third kappa shape index (κ3) is 13.5. The summed E-state index contributed by atoms with van der Waals surface area (Å²) in [7, 11) is -3.96. The maximum absolute atomic E-state index is 13.4. The molecule has 0 aromatic heterocycles. The van der Waals surface area contributed by atoms with Crippen LogP contribution in [0.4, 0.5) is 0 Å². The predicted octanol–water partition coefficient (Wildman–Crippen LogP) is 4.15. The zero-order valence-electron chi connectivity index (χ0n) is 26.4. The van der Waals surface area contributed by atoms with E-state index in [0.29, 0.717) is 6.61 Å². The smallest absolute Gasteiger partial charge is 0.338 e. The van der Waals surface area contributed by atoms with E-state index >= 15 is 0 Å². The van der Waals surface area contributed by atoms with E-state index in [0.717, 1.165) is 11.1 Å². The van der Waals surface area contributed by atoms with Crippen molar-refractivity contribution < 1.29 is 45.9 Å². The zero-order valence-corrected chi connectivity index (χ0v) is 27.2. The van der Waals surface area contributed by atoms with Gasteiger partial charge in [-0.05, 0) is 31.4 Å². The Labute approximate surface area is 260 Å². The van der Waals surface area contributed by atoms with Crippen molar-refractivity contribution >= 4 is 28.0 Å². The number of hydrogen-bond acceptors (Lipinski definition) is 10. The van der Waals surface area contributed by atoms with Crippen LogP contribution < -0.4 is 5.32 Å². The highest BCUT2D eigenvalue weighted by atomic mass is 32.2. The lowest BCUT2D eigenvalue weighted by molar-refractivity contribution is -0.205. The summed E-state index contributed by atoms with van der Waals surface area (Å²) < 4.78 is 52.8. The normalized spacial score (nSPS) is 13.5. The monoisotopic (exact) mass is 635 g/mol. The lowest BCUT2D eigenvalue weighted by atomic mass is 9.87. The van der Waals surface area contributed by atoms with Crippen LogP contribution in [0.5, 0.6) is 0 Å². The third-order valence-electron chi connectivity index (χ3n) is 6.42. The Morgan fingerprint density at radius 1 is 0.841 bits per heavy atom. The van der Waals surface area contributed by atoms with E-state index < -0.39 is 45.3 Å². The van der Waals surface area contributed by atoms with E-state index in [1.165, 1.54) is 13.8 Å². The molecule has 0 heterocycles. The molecular weight excluding hydrogens is 590 g/mol. The summed E-state index contributed by atoms with van der Waals surface area (Å²) >= 11 is 0. The van der Waals surface area contributed by atoms with Crippen molar-refractivity contribution in [2.45, 2.75) is 73.6 Å². The first-order valence-electron chi connectivity index (χ1n) is 14.4. The number of rotatable bonds is 19. The fraction of sp³-hybridized carbons (Fsp3) is 0.531. The van der Waals surface area contributed by atoms with Gasteiger partial charge in [-0.1, -0.05) is 74.5 Å². The minimum atomic E-state index is -3.96. The maximum Gasteiger partial charge on any atom is 0.338 e. The summed E-state index contributed by atoms with van der Waals surface area (Å²) in [6.45, 7) is 9.54. The number of nitrogens with one attached hydrogen (secondary N) is 1. The molecule has 244 valence electrons. The summed E-state index contributed by atoms with van der Waals surface area (Å²) in [5, 5.41) is 2.53. The van der Waals surface area contributed by atoms with Crippen LogP contribution in [0.2, 0.25) is 0 Å². The molecule has 0 spiro atoms. The van der Waals surface area contributed by atoms with Crippen LogP contribution in [0, 0.1) is 10.8 Å². The predicted molar refractivity (Wildman–Crippen MR) is 163 cm³/mol. The van der Waals surface area contributed by atoms with E-state index in [1.807, 2.05) is 60.7 Å².